The highest BCUT2D eigenvalue weighted by Gasteiger charge is 2.09. The Balaban J connectivity index is 1.82. The number of halogens is 1. The van der Waals surface area contributed by atoms with E-state index in [1.54, 1.807) is 24.3 Å². The molecule has 1 atom stereocenters. The lowest BCUT2D eigenvalue weighted by atomic mass is 10.1. The second kappa shape index (κ2) is 6.96. The molecule has 0 heterocycles. The van der Waals surface area contributed by atoms with E-state index in [0.29, 0.717) is 10.8 Å². The van der Waals surface area contributed by atoms with E-state index >= 15 is 0 Å². The van der Waals surface area contributed by atoms with E-state index in [0.717, 1.165) is 5.56 Å². The molecule has 1 N–H and O–H groups in total. The van der Waals surface area contributed by atoms with Gasteiger partial charge >= 0.3 is 0 Å². The third-order valence-electron chi connectivity index (χ3n) is 2.86. The van der Waals surface area contributed by atoms with Crippen LogP contribution in [-0.4, -0.2) is 12.5 Å². The van der Waals surface area contributed by atoms with Gasteiger partial charge in [0.05, 0.1) is 6.04 Å². The summed E-state index contributed by atoms with van der Waals surface area (Å²) in [5.41, 5.74) is 1.06. The molecule has 0 spiro atoms. The minimum Gasteiger partial charge on any atom is -0.484 e. The van der Waals surface area contributed by atoms with Gasteiger partial charge in [0.2, 0.25) is 0 Å². The molecule has 0 saturated carbocycles. The van der Waals surface area contributed by atoms with Crippen molar-refractivity contribution in [3.63, 3.8) is 0 Å². The molecule has 0 aliphatic rings. The van der Waals surface area contributed by atoms with Crippen LogP contribution in [0.25, 0.3) is 0 Å². The number of carbonyl (C=O) groups is 1. The Morgan fingerprint density at radius 1 is 1.15 bits per heavy atom. The van der Waals surface area contributed by atoms with E-state index in [-0.39, 0.29) is 18.6 Å². The molecular weight excluding hydrogens is 274 g/mol. The van der Waals surface area contributed by atoms with Gasteiger partial charge in [0, 0.05) is 5.02 Å². The Kier molecular flexibility index (Phi) is 5.02. The van der Waals surface area contributed by atoms with Crippen LogP contribution < -0.4 is 10.1 Å². The molecule has 0 aromatic heterocycles. The highest BCUT2D eigenvalue weighted by Crippen LogP contribution is 2.15. The van der Waals surface area contributed by atoms with Gasteiger partial charge in [-0.3, -0.25) is 4.79 Å². The van der Waals surface area contributed by atoms with Crippen molar-refractivity contribution in [1.82, 2.24) is 5.32 Å². The molecule has 0 bridgehead atoms. The van der Waals surface area contributed by atoms with Gasteiger partial charge < -0.3 is 10.1 Å². The molecule has 0 saturated heterocycles. The summed E-state index contributed by atoms with van der Waals surface area (Å²) in [4.78, 5) is 11.8. The zero-order valence-corrected chi connectivity index (χ0v) is 11.9. The lowest BCUT2D eigenvalue weighted by Crippen LogP contribution is -2.31. The van der Waals surface area contributed by atoms with E-state index in [1.165, 1.54) is 0 Å². The van der Waals surface area contributed by atoms with Crippen molar-refractivity contribution in [2.75, 3.05) is 6.61 Å². The second-order valence-electron chi connectivity index (χ2n) is 4.44. The Labute approximate surface area is 123 Å². The molecule has 0 radical (unpaired) electrons. The third kappa shape index (κ3) is 4.28. The first kappa shape index (κ1) is 14.4. The zero-order chi connectivity index (χ0) is 14.4. The molecule has 2 aromatic carbocycles. The number of rotatable bonds is 5. The number of benzene rings is 2. The van der Waals surface area contributed by atoms with Gasteiger partial charge in [-0.25, -0.2) is 0 Å². The first-order chi connectivity index (χ1) is 9.65. The molecule has 2 rings (SSSR count). The van der Waals surface area contributed by atoms with E-state index < -0.39 is 0 Å². The maximum atomic E-state index is 11.8. The fraction of sp³-hybridized carbons (Fsp3) is 0.188. The van der Waals surface area contributed by atoms with Crippen LogP contribution >= 0.6 is 11.6 Å². The summed E-state index contributed by atoms with van der Waals surface area (Å²) in [6.07, 6.45) is 0. The standard InChI is InChI=1S/C16H16ClNO2/c1-12(13-5-3-2-4-6-13)18-16(19)11-20-15-9-7-14(17)8-10-15/h2-10,12H,11H2,1H3,(H,18,19)/t12-/m1/s1. The summed E-state index contributed by atoms with van der Waals surface area (Å²) < 4.78 is 5.39. The topological polar surface area (TPSA) is 38.3 Å². The number of hydrogen-bond acceptors (Lipinski definition) is 2. The van der Waals surface area contributed by atoms with Crippen LogP contribution in [0, 0.1) is 0 Å². The number of hydrogen-bond donors (Lipinski definition) is 1. The van der Waals surface area contributed by atoms with Crippen molar-refractivity contribution in [3.8, 4) is 5.75 Å². The SMILES string of the molecule is C[C@@H](NC(=O)COc1ccc(Cl)cc1)c1ccccc1. The average molecular weight is 290 g/mol. The third-order valence-corrected chi connectivity index (χ3v) is 3.11. The minimum atomic E-state index is -0.156. The molecular formula is C16H16ClNO2. The largest absolute Gasteiger partial charge is 0.484 e. The molecule has 2 aromatic rings. The van der Waals surface area contributed by atoms with E-state index in [4.69, 9.17) is 16.3 Å². The lowest BCUT2D eigenvalue weighted by molar-refractivity contribution is -0.123. The van der Waals surface area contributed by atoms with Crippen molar-refractivity contribution in [2.24, 2.45) is 0 Å². The fourth-order valence-electron chi connectivity index (χ4n) is 1.79. The summed E-state index contributed by atoms with van der Waals surface area (Å²) in [5.74, 6) is 0.466. The predicted octanol–water partition coefficient (Wildman–Crippen LogP) is 3.60. The van der Waals surface area contributed by atoms with Gasteiger partial charge in [-0.2, -0.15) is 0 Å². The van der Waals surface area contributed by atoms with Crippen molar-refractivity contribution >= 4 is 17.5 Å². The van der Waals surface area contributed by atoms with E-state index in [9.17, 15) is 4.79 Å². The van der Waals surface area contributed by atoms with Gasteiger partial charge in [0.25, 0.3) is 5.91 Å². The second-order valence-corrected chi connectivity index (χ2v) is 4.88. The van der Waals surface area contributed by atoms with Crippen LogP contribution in [0.2, 0.25) is 5.02 Å². The fourth-order valence-corrected chi connectivity index (χ4v) is 1.91. The highest BCUT2D eigenvalue weighted by atomic mass is 35.5. The highest BCUT2D eigenvalue weighted by molar-refractivity contribution is 6.30. The first-order valence-electron chi connectivity index (χ1n) is 6.38. The van der Waals surface area contributed by atoms with Crippen LogP contribution in [-0.2, 0) is 4.79 Å². The molecule has 0 aliphatic heterocycles. The van der Waals surface area contributed by atoms with E-state index in [2.05, 4.69) is 5.32 Å². The Bertz CT molecular complexity index is 554. The van der Waals surface area contributed by atoms with Gasteiger partial charge in [-0.1, -0.05) is 41.9 Å². The van der Waals surface area contributed by atoms with Gasteiger partial charge in [-0.05, 0) is 36.8 Å². The summed E-state index contributed by atoms with van der Waals surface area (Å²) in [5, 5.41) is 3.53. The lowest BCUT2D eigenvalue weighted by Gasteiger charge is -2.14. The average Bonchev–Trinajstić information content (AvgIpc) is 2.47. The molecule has 4 heteroatoms. The molecule has 0 fully saturated rings. The maximum Gasteiger partial charge on any atom is 0.258 e. The summed E-state index contributed by atoms with van der Waals surface area (Å²) in [7, 11) is 0. The minimum absolute atomic E-state index is 0.0151. The summed E-state index contributed by atoms with van der Waals surface area (Å²) in [6.45, 7) is 1.92. The normalized spacial score (nSPS) is 11.7. The van der Waals surface area contributed by atoms with Crippen LogP contribution in [0.1, 0.15) is 18.5 Å². The number of carbonyl (C=O) groups excluding carboxylic acids is 1. The van der Waals surface area contributed by atoms with Crippen LogP contribution in [0.4, 0.5) is 0 Å². The summed E-state index contributed by atoms with van der Waals surface area (Å²) in [6, 6.07) is 16.7. The van der Waals surface area contributed by atoms with Crippen LogP contribution in [0.5, 0.6) is 5.75 Å². The Morgan fingerprint density at radius 3 is 2.45 bits per heavy atom. The van der Waals surface area contributed by atoms with E-state index in [1.807, 2.05) is 37.3 Å². The van der Waals surface area contributed by atoms with Crippen LogP contribution in [0.3, 0.4) is 0 Å². The van der Waals surface area contributed by atoms with Crippen LogP contribution in [0.15, 0.2) is 54.6 Å². The molecule has 0 unspecified atom stereocenters. The predicted molar refractivity (Wildman–Crippen MR) is 79.9 cm³/mol. The quantitative estimate of drug-likeness (QED) is 0.913. The number of amides is 1. The molecule has 1 amide bonds. The maximum absolute atomic E-state index is 11.8. The summed E-state index contributed by atoms with van der Waals surface area (Å²) >= 11 is 5.78. The first-order valence-corrected chi connectivity index (χ1v) is 6.75. The molecule has 20 heavy (non-hydrogen) atoms. The molecule has 104 valence electrons. The van der Waals surface area contributed by atoms with Crippen molar-refractivity contribution in [3.05, 3.63) is 65.2 Å². The van der Waals surface area contributed by atoms with Crippen molar-refractivity contribution < 1.29 is 9.53 Å². The van der Waals surface area contributed by atoms with Gasteiger partial charge in [0.1, 0.15) is 5.75 Å². The zero-order valence-electron chi connectivity index (χ0n) is 11.2. The Hall–Kier alpha value is -2.00. The Morgan fingerprint density at radius 2 is 1.80 bits per heavy atom. The molecule has 3 nitrogen and oxygen atoms in total. The van der Waals surface area contributed by atoms with Gasteiger partial charge in [0.15, 0.2) is 6.61 Å². The number of nitrogens with one attached hydrogen (secondary N) is 1. The van der Waals surface area contributed by atoms with Crippen molar-refractivity contribution in [1.29, 1.82) is 0 Å². The van der Waals surface area contributed by atoms with Crippen molar-refractivity contribution in [2.45, 2.75) is 13.0 Å². The smallest absolute Gasteiger partial charge is 0.258 e. The van der Waals surface area contributed by atoms with Gasteiger partial charge in [-0.15, -0.1) is 0 Å². The monoisotopic (exact) mass is 289 g/mol. The number of ether oxygens (including phenoxy) is 1. The molecule has 0 aliphatic carbocycles.